The Morgan fingerprint density at radius 2 is 1.86 bits per heavy atom. The van der Waals surface area contributed by atoms with Crippen molar-refractivity contribution in [2.24, 2.45) is 0 Å². The monoisotopic (exact) mass is 313 g/mol. The number of thioether (sulfide) groups is 1. The molecule has 1 aromatic heterocycles. The van der Waals surface area contributed by atoms with Crippen LogP contribution in [0.15, 0.2) is 53.4 Å². The van der Waals surface area contributed by atoms with E-state index in [1.807, 2.05) is 30.0 Å². The van der Waals surface area contributed by atoms with Gasteiger partial charge < -0.3 is 0 Å². The Balaban J connectivity index is 1.88. The molecule has 0 saturated carbocycles. The zero-order valence-electron chi connectivity index (χ0n) is 12.1. The molecule has 0 spiro atoms. The van der Waals surface area contributed by atoms with Crippen LogP contribution in [0.25, 0.3) is 10.9 Å². The molecule has 3 aromatic rings. The fraction of sp³-hybridized carbons (Fsp3) is 0.167. The Hall–Kier alpha value is -1.51. The smallest absolute Gasteiger partial charge is 0.133 e. The number of pyridine rings is 1. The van der Waals surface area contributed by atoms with Gasteiger partial charge in [0.25, 0.3) is 0 Å². The average Bonchev–Trinajstić information content (AvgIpc) is 2.48. The highest BCUT2D eigenvalue weighted by molar-refractivity contribution is 7.98. The highest BCUT2D eigenvalue weighted by atomic mass is 35.5. The number of rotatable bonds is 3. The first-order valence-corrected chi connectivity index (χ1v) is 8.24. The van der Waals surface area contributed by atoms with Gasteiger partial charge >= 0.3 is 0 Å². The molecule has 2 aromatic carbocycles. The van der Waals surface area contributed by atoms with Crippen molar-refractivity contribution in [1.29, 1.82) is 0 Å². The van der Waals surface area contributed by atoms with Crippen LogP contribution < -0.4 is 0 Å². The predicted molar refractivity (Wildman–Crippen MR) is 92.2 cm³/mol. The van der Waals surface area contributed by atoms with Crippen molar-refractivity contribution in [3.05, 3.63) is 70.4 Å². The number of hydrogen-bond acceptors (Lipinski definition) is 2. The zero-order valence-corrected chi connectivity index (χ0v) is 13.6. The van der Waals surface area contributed by atoms with E-state index in [2.05, 4.69) is 49.2 Å². The number of halogens is 1. The summed E-state index contributed by atoms with van der Waals surface area (Å²) in [5.41, 5.74) is 4.62. The Labute approximate surface area is 134 Å². The molecular formula is C18H16ClNS. The molecule has 0 radical (unpaired) electrons. The van der Waals surface area contributed by atoms with E-state index in [0.717, 1.165) is 22.2 Å². The van der Waals surface area contributed by atoms with Gasteiger partial charge in [-0.05, 0) is 37.6 Å². The molecule has 0 N–H and O–H groups in total. The van der Waals surface area contributed by atoms with Gasteiger partial charge in [-0.1, -0.05) is 47.5 Å². The molecule has 1 heterocycles. The zero-order chi connectivity index (χ0) is 14.8. The van der Waals surface area contributed by atoms with Crippen LogP contribution in [-0.2, 0) is 5.75 Å². The van der Waals surface area contributed by atoms with Crippen LogP contribution in [0.1, 0.15) is 16.7 Å². The van der Waals surface area contributed by atoms with Gasteiger partial charge in [0.2, 0.25) is 0 Å². The van der Waals surface area contributed by atoms with Crippen molar-refractivity contribution < 1.29 is 0 Å². The van der Waals surface area contributed by atoms with Crippen molar-refractivity contribution in [2.45, 2.75) is 24.5 Å². The van der Waals surface area contributed by atoms with Crippen molar-refractivity contribution in [1.82, 2.24) is 4.98 Å². The SMILES string of the molecule is Cc1ccc(C)c(SCc2cc3ccccc3nc2Cl)c1. The highest BCUT2D eigenvalue weighted by Gasteiger charge is 2.07. The van der Waals surface area contributed by atoms with E-state index >= 15 is 0 Å². The van der Waals surface area contributed by atoms with Crippen LogP contribution in [0, 0.1) is 13.8 Å². The number of aromatic nitrogens is 1. The molecule has 0 aliphatic rings. The van der Waals surface area contributed by atoms with Crippen LogP contribution in [0.4, 0.5) is 0 Å². The summed E-state index contributed by atoms with van der Waals surface area (Å²) in [6.45, 7) is 4.26. The summed E-state index contributed by atoms with van der Waals surface area (Å²) in [4.78, 5) is 5.78. The molecule has 0 aliphatic heterocycles. The molecule has 0 atom stereocenters. The van der Waals surface area contributed by atoms with Crippen LogP contribution in [0.2, 0.25) is 5.15 Å². The van der Waals surface area contributed by atoms with Crippen molar-refractivity contribution in [3.8, 4) is 0 Å². The van der Waals surface area contributed by atoms with Gasteiger partial charge in [-0.15, -0.1) is 11.8 Å². The van der Waals surface area contributed by atoms with Gasteiger partial charge in [-0.2, -0.15) is 0 Å². The molecule has 3 rings (SSSR count). The molecule has 1 nitrogen and oxygen atoms in total. The number of benzene rings is 2. The molecule has 3 heteroatoms. The van der Waals surface area contributed by atoms with Crippen LogP contribution in [-0.4, -0.2) is 4.98 Å². The topological polar surface area (TPSA) is 12.9 Å². The first kappa shape index (κ1) is 14.4. The first-order chi connectivity index (χ1) is 10.1. The number of hydrogen-bond donors (Lipinski definition) is 0. The third-order valence-corrected chi connectivity index (χ3v) is 5.01. The third-order valence-electron chi connectivity index (χ3n) is 3.48. The fourth-order valence-electron chi connectivity index (χ4n) is 2.26. The summed E-state index contributed by atoms with van der Waals surface area (Å²) < 4.78 is 0. The van der Waals surface area contributed by atoms with E-state index in [4.69, 9.17) is 11.6 Å². The van der Waals surface area contributed by atoms with E-state index in [1.165, 1.54) is 16.0 Å². The minimum absolute atomic E-state index is 0.603. The van der Waals surface area contributed by atoms with Crippen molar-refractivity contribution >= 4 is 34.3 Å². The van der Waals surface area contributed by atoms with Gasteiger partial charge in [0.05, 0.1) is 5.52 Å². The summed E-state index contributed by atoms with van der Waals surface area (Å²) in [6.07, 6.45) is 0. The lowest BCUT2D eigenvalue weighted by molar-refractivity contribution is 1.24. The Morgan fingerprint density at radius 1 is 1.05 bits per heavy atom. The molecule has 0 unspecified atom stereocenters. The third kappa shape index (κ3) is 3.22. The maximum absolute atomic E-state index is 6.32. The summed E-state index contributed by atoms with van der Waals surface area (Å²) in [5.74, 6) is 0.834. The second kappa shape index (κ2) is 6.08. The van der Waals surface area contributed by atoms with E-state index in [1.54, 1.807) is 0 Å². The van der Waals surface area contributed by atoms with E-state index in [-0.39, 0.29) is 0 Å². The van der Waals surface area contributed by atoms with Crippen molar-refractivity contribution in [3.63, 3.8) is 0 Å². The lowest BCUT2D eigenvalue weighted by atomic mass is 10.2. The molecule has 106 valence electrons. The van der Waals surface area contributed by atoms with Crippen LogP contribution in [0.3, 0.4) is 0 Å². The lowest BCUT2D eigenvalue weighted by Crippen LogP contribution is -1.89. The van der Waals surface area contributed by atoms with Crippen LogP contribution in [0.5, 0.6) is 0 Å². The van der Waals surface area contributed by atoms with Gasteiger partial charge in [0, 0.05) is 21.6 Å². The number of nitrogens with zero attached hydrogens (tertiary/aromatic N) is 1. The van der Waals surface area contributed by atoms with Crippen LogP contribution >= 0.6 is 23.4 Å². The second-order valence-electron chi connectivity index (χ2n) is 5.19. The molecular weight excluding hydrogens is 298 g/mol. The maximum Gasteiger partial charge on any atom is 0.133 e. The summed E-state index contributed by atoms with van der Waals surface area (Å²) >= 11 is 8.13. The maximum atomic E-state index is 6.32. The quantitative estimate of drug-likeness (QED) is 0.448. The molecule has 21 heavy (non-hydrogen) atoms. The fourth-order valence-corrected chi connectivity index (χ4v) is 3.64. The van der Waals surface area contributed by atoms with Gasteiger partial charge in [0.15, 0.2) is 0 Å². The molecule has 0 bridgehead atoms. The summed E-state index contributed by atoms with van der Waals surface area (Å²) in [6, 6.07) is 16.7. The minimum atomic E-state index is 0.603. The Morgan fingerprint density at radius 3 is 2.71 bits per heavy atom. The average molecular weight is 314 g/mol. The number of para-hydroxylation sites is 1. The van der Waals surface area contributed by atoms with Gasteiger partial charge in [-0.25, -0.2) is 4.98 Å². The minimum Gasteiger partial charge on any atom is -0.236 e. The highest BCUT2D eigenvalue weighted by Crippen LogP contribution is 2.30. The van der Waals surface area contributed by atoms with E-state index in [9.17, 15) is 0 Å². The first-order valence-electron chi connectivity index (χ1n) is 6.88. The summed E-state index contributed by atoms with van der Waals surface area (Å²) in [7, 11) is 0. The number of fused-ring (bicyclic) bond motifs is 1. The standard InChI is InChI=1S/C18H16ClNS/c1-12-7-8-13(2)17(9-12)21-11-15-10-14-5-3-4-6-16(14)20-18(15)19/h3-10H,11H2,1-2H3. The predicted octanol–water partition coefficient (Wildman–Crippen LogP) is 5.80. The second-order valence-corrected chi connectivity index (χ2v) is 6.56. The normalized spacial score (nSPS) is 11.0. The largest absolute Gasteiger partial charge is 0.236 e. The Bertz CT molecular complexity index is 798. The van der Waals surface area contributed by atoms with Gasteiger partial charge in [0.1, 0.15) is 5.15 Å². The van der Waals surface area contributed by atoms with Crippen molar-refractivity contribution in [2.75, 3.05) is 0 Å². The molecule has 0 fully saturated rings. The molecule has 0 amide bonds. The Kier molecular flexibility index (Phi) is 4.18. The van der Waals surface area contributed by atoms with E-state index in [0.29, 0.717) is 5.15 Å². The molecule has 0 saturated heterocycles. The van der Waals surface area contributed by atoms with Gasteiger partial charge in [-0.3, -0.25) is 0 Å². The summed E-state index contributed by atoms with van der Waals surface area (Å²) in [5, 5.41) is 1.74. The van der Waals surface area contributed by atoms with E-state index < -0.39 is 0 Å². The molecule has 0 aliphatic carbocycles. The lowest BCUT2D eigenvalue weighted by Gasteiger charge is -2.09. The number of aryl methyl sites for hydroxylation is 2.